The van der Waals surface area contributed by atoms with Gasteiger partial charge in [-0.25, -0.2) is 4.39 Å². The van der Waals surface area contributed by atoms with E-state index in [0.717, 1.165) is 18.6 Å². The number of hydrogen-bond donors (Lipinski definition) is 0. The van der Waals surface area contributed by atoms with Crippen LogP contribution >= 0.6 is 15.9 Å². The molecule has 0 radical (unpaired) electrons. The molecule has 1 aliphatic rings. The molecule has 1 saturated carbocycles. The molecule has 1 fully saturated rings. The van der Waals surface area contributed by atoms with Crippen LogP contribution in [0.1, 0.15) is 33.1 Å². The summed E-state index contributed by atoms with van der Waals surface area (Å²) in [6.07, 6.45) is 3.75. The highest BCUT2D eigenvalue weighted by Crippen LogP contribution is 2.32. The lowest BCUT2D eigenvalue weighted by molar-refractivity contribution is 0.101. The SMILES string of the molecule is CC1CC(C)CC(Oc2ccc(F)c(Br)c2)C1. The molecule has 94 valence electrons. The summed E-state index contributed by atoms with van der Waals surface area (Å²) in [5.41, 5.74) is 0. The summed E-state index contributed by atoms with van der Waals surface area (Å²) < 4.78 is 19.5. The molecule has 0 saturated heterocycles. The summed E-state index contributed by atoms with van der Waals surface area (Å²) in [5, 5.41) is 0. The minimum Gasteiger partial charge on any atom is -0.490 e. The highest BCUT2D eigenvalue weighted by molar-refractivity contribution is 9.10. The van der Waals surface area contributed by atoms with Gasteiger partial charge in [0.05, 0.1) is 10.6 Å². The maximum atomic E-state index is 13.1. The Morgan fingerprint density at radius 3 is 2.41 bits per heavy atom. The zero-order chi connectivity index (χ0) is 12.4. The standard InChI is InChI=1S/C14H18BrFO/c1-9-5-10(2)7-12(6-9)17-11-3-4-14(16)13(15)8-11/h3-4,8-10,12H,5-7H2,1-2H3. The molecule has 1 nitrogen and oxygen atoms in total. The number of benzene rings is 1. The van der Waals surface area contributed by atoms with E-state index in [0.29, 0.717) is 16.3 Å². The molecule has 2 atom stereocenters. The second kappa shape index (κ2) is 5.38. The zero-order valence-electron chi connectivity index (χ0n) is 10.2. The van der Waals surface area contributed by atoms with Crippen molar-refractivity contribution in [3.05, 3.63) is 28.5 Å². The normalized spacial score (nSPS) is 29.1. The smallest absolute Gasteiger partial charge is 0.137 e. The summed E-state index contributed by atoms with van der Waals surface area (Å²) in [7, 11) is 0. The van der Waals surface area contributed by atoms with Crippen molar-refractivity contribution in [1.29, 1.82) is 0 Å². The largest absolute Gasteiger partial charge is 0.490 e. The van der Waals surface area contributed by atoms with Crippen molar-refractivity contribution >= 4 is 15.9 Å². The lowest BCUT2D eigenvalue weighted by Crippen LogP contribution is -2.28. The van der Waals surface area contributed by atoms with Crippen LogP contribution in [0.4, 0.5) is 4.39 Å². The molecule has 0 aliphatic heterocycles. The number of ether oxygens (including phenoxy) is 1. The molecular weight excluding hydrogens is 283 g/mol. The summed E-state index contributed by atoms with van der Waals surface area (Å²) in [6, 6.07) is 4.85. The Kier molecular flexibility index (Phi) is 4.08. The van der Waals surface area contributed by atoms with Gasteiger partial charge < -0.3 is 4.74 Å². The minimum absolute atomic E-state index is 0.247. The molecule has 1 aliphatic carbocycles. The summed E-state index contributed by atoms with van der Waals surface area (Å²) >= 11 is 3.18. The maximum absolute atomic E-state index is 13.1. The molecule has 1 aromatic rings. The molecule has 1 aromatic carbocycles. The van der Waals surface area contributed by atoms with E-state index in [1.54, 1.807) is 12.1 Å². The third-order valence-corrected chi connectivity index (χ3v) is 3.94. The van der Waals surface area contributed by atoms with Crippen molar-refractivity contribution in [2.75, 3.05) is 0 Å². The van der Waals surface area contributed by atoms with Gasteiger partial charge in [0.15, 0.2) is 0 Å². The van der Waals surface area contributed by atoms with E-state index < -0.39 is 0 Å². The second-order valence-electron chi connectivity index (χ2n) is 5.23. The third-order valence-electron chi connectivity index (χ3n) is 3.33. The lowest BCUT2D eigenvalue weighted by Gasteiger charge is -2.31. The van der Waals surface area contributed by atoms with Crippen LogP contribution in [0.5, 0.6) is 5.75 Å². The summed E-state index contributed by atoms with van der Waals surface area (Å²) in [5.74, 6) is 1.94. The Bertz CT molecular complexity index is 384. The van der Waals surface area contributed by atoms with Gasteiger partial charge in [0.2, 0.25) is 0 Å². The Balaban J connectivity index is 2.02. The highest BCUT2D eigenvalue weighted by Gasteiger charge is 2.25. The monoisotopic (exact) mass is 300 g/mol. The van der Waals surface area contributed by atoms with Gasteiger partial charge in [0, 0.05) is 0 Å². The third kappa shape index (κ3) is 3.44. The van der Waals surface area contributed by atoms with Crippen LogP contribution in [-0.2, 0) is 0 Å². The van der Waals surface area contributed by atoms with Crippen molar-refractivity contribution in [3.8, 4) is 5.75 Å². The highest BCUT2D eigenvalue weighted by atomic mass is 79.9. The van der Waals surface area contributed by atoms with Gasteiger partial charge >= 0.3 is 0 Å². The van der Waals surface area contributed by atoms with Crippen molar-refractivity contribution < 1.29 is 9.13 Å². The molecule has 2 unspecified atom stereocenters. The zero-order valence-corrected chi connectivity index (χ0v) is 11.8. The van der Waals surface area contributed by atoms with Crippen molar-refractivity contribution in [1.82, 2.24) is 0 Å². The molecule has 0 aromatic heterocycles. The molecule has 0 amide bonds. The molecule has 17 heavy (non-hydrogen) atoms. The Morgan fingerprint density at radius 1 is 1.18 bits per heavy atom. The van der Waals surface area contributed by atoms with Gasteiger partial charge in [0.25, 0.3) is 0 Å². The van der Waals surface area contributed by atoms with Gasteiger partial charge in [-0.2, -0.15) is 0 Å². The first-order valence-electron chi connectivity index (χ1n) is 6.16. The molecule has 0 bridgehead atoms. The van der Waals surface area contributed by atoms with E-state index in [9.17, 15) is 4.39 Å². The van der Waals surface area contributed by atoms with E-state index in [4.69, 9.17) is 4.74 Å². The van der Waals surface area contributed by atoms with E-state index in [2.05, 4.69) is 29.8 Å². The summed E-state index contributed by atoms with van der Waals surface area (Å²) in [4.78, 5) is 0. The van der Waals surface area contributed by atoms with Gasteiger partial charge in [-0.1, -0.05) is 13.8 Å². The fourth-order valence-electron chi connectivity index (χ4n) is 2.71. The molecular formula is C14H18BrFO. The van der Waals surface area contributed by atoms with Crippen LogP contribution in [0.3, 0.4) is 0 Å². The first-order chi connectivity index (χ1) is 8.04. The van der Waals surface area contributed by atoms with Gasteiger partial charge in [-0.05, 0) is 65.2 Å². The predicted molar refractivity (Wildman–Crippen MR) is 70.7 cm³/mol. The number of halogens is 2. The lowest BCUT2D eigenvalue weighted by atomic mass is 9.82. The Hall–Kier alpha value is -0.570. The van der Waals surface area contributed by atoms with Crippen molar-refractivity contribution in [2.45, 2.75) is 39.2 Å². The average molecular weight is 301 g/mol. The number of hydrogen-bond acceptors (Lipinski definition) is 1. The second-order valence-corrected chi connectivity index (χ2v) is 6.09. The first kappa shape index (κ1) is 12.9. The minimum atomic E-state index is -0.247. The van der Waals surface area contributed by atoms with Gasteiger partial charge in [-0.15, -0.1) is 0 Å². The van der Waals surface area contributed by atoms with E-state index in [1.165, 1.54) is 12.5 Å². The average Bonchev–Trinajstić information content (AvgIpc) is 2.22. The van der Waals surface area contributed by atoms with Crippen molar-refractivity contribution in [3.63, 3.8) is 0 Å². The van der Waals surface area contributed by atoms with E-state index in [1.807, 2.05) is 0 Å². The first-order valence-corrected chi connectivity index (χ1v) is 6.95. The quantitative estimate of drug-likeness (QED) is 0.763. The fourth-order valence-corrected chi connectivity index (χ4v) is 3.07. The topological polar surface area (TPSA) is 9.23 Å². The van der Waals surface area contributed by atoms with Crippen LogP contribution in [0.25, 0.3) is 0 Å². The van der Waals surface area contributed by atoms with Crippen LogP contribution in [-0.4, -0.2) is 6.10 Å². The van der Waals surface area contributed by atoms with Gasteiger partial charge in [-0.3, -0.25) is 0 Å². The summed E-state index contributed by atoms with van der Waals surface area (Å²) in [6.45, 7) is 4.54. The van der Waals surface area contributed by atoms with Crippen LogP contribution < -0.4 is 4.74 Å². The van der Waals surface area contributed by atoms with Crippen LogP contribution in [0.15, 0.2) is 22.7 Å². The fraction of sp³-hybridized carbons (Fsp3) is 0.571. The maximum Gasteiger partial charge on any atom is 0.137 e. The molecule has 0 N–H and O–H groups in total. The molecule has 2 rings (SSSR count). The van der Waals surface area contributed by atoms with Crippen LogP contribution in [0.2, 0.25) is 0 Å². The van der Waals surface area contributed by atoms with E-state index >= 15 is 0 Å². The van der Waals surface area contributed by atoms with Crippen LogP contribution in [0, 0.1) is 17.7 Å². The molecule has 3 heteroatoms. The van der Waals surface area contributed by atoms with Gasteiger partial charge in [0.1, 0.15) is 11.6 Å². The predicted octanol–water partition coefficient (Wildman–Crippen LogP) is 4.79. The Morgan fingerprint density at radius 2 is 1.82 bits per heavy atom. The molecule has 0 spiro atoms. The van der Waals surface area contributed by atoms with E-state index in [-0.39, 0.29) is 11.9 Å². The Labute approximate surface area is 110 Å². The number of rotatable bonds is 2. The molecule has 0 heterocycles. The van der Waals surface area contributed by atoms with Crippen molar-refractivity contribution in [2.24, 2.45) is 11.8 Å².